The zero-order valence-electron chi connectivity index (χ0n) is 7.73. The molecule has 14 heavy (non-hydrogen) atoms. The molecule has 0 saturated carbocycles. The zero-order chi connectivity index (χ0) is 10.4. The first-order valence-electron chi connectivity index (χ1n) is 4.35. The van der Waals surface area contributed by atoms with Gasteiger partial charge in [-0.25, -0.2) is 4.98 Å². The number of aromatic amines is 1. The highest BCUT2D eigenvalue weighted by molar-refractivity contribution is 5.81. The predicted octanol–water partition coefficient (Wildman–Crippen LogP) is -1.61. The van der Waals surface area contributed by atoms with Crippen molar-refractivity contribution in [2.45, 2.75) is 12.5 Å². The van der Waals surface area contributed by atoms with Crippen LogP contribution in [0.4, 0.5) is 0 Å². The van der Waals surface area contributed by atoms with Crippen molar-refractivity contribution in [3.8, 4) is 0 Å². The van der Waals surface area contributed by atoms with Crippen molar-refractivity contribution < 1.29 is 9.90 Å². The van der Waals surface area contributed by atoms with Crippen molar-refractivity contribution >= 4 is 5.91 Å². The number of nitrogens with zero attached hydrogens (tertiary/aromatic N) is 1. The van der Waals surface area contributed by atoms with Crippen LogP contribution in [0.5, 0.6) is 0 Å². The van der Waals surface area contributed by atoms with Crippen LogP contribution in [-0.2, 0) is 11.2 Å². The van der Waals surface area contributed by atoms with E-state index in [-0.39, 0.29) is 12.5 Å². The SMILES string of the molecule is N[C@H](CO)C(=O)NCCc1cnc[nH]1. The smallest absolute Gasteiger partial charge is 0.239 e. The Morgan fingerprint density at radius 3 is 3.14 bits per heavy atom. The minimum atomic E-state index is -0.836. The molecule has 0 fully saturated rings. The minimum absolute atomic E-state index is 0.337. The molecule has 1 atom stereocenters. The van der Waals surface area contributed by atoms with Crippen LogP contribution in [-0.4, -0.2) is 40.2 Å². The molecule has 1 amide bonds. The maximum absolute atomic E-state index is 11.1. The Bertz CT molecular complexity index is 273. The highest BCUT2D eigenvalue weighted by Gasteiger charge is 2.10. The van der Waals surface area contributed by atoms with Gasteiger partial charge >= 0.3 is 0 Å². The first kappa shape index (κ1) is 10.7. The summed E-state index contributed by atoms with van der Waals surface area (Å²) in [6, 6.07) is -0.836. The Hall–Kier alpha value is -1.40. The van der Waals surface area contributed by atoms with Crippen LogP contribution in [0.15, 0.2) is 12.5 Å². The Labute approximate surface area is 81.5 Å². The number of aliphatic hydroxyl groups excluding tert-OH is 1. The summed E-state index contributed by atoms with van der Waals surface area (Å²) in [4.78, 5) is 17.8. The molecule has 1 rings (SSSR count). The lowest BCUT2D eigenvalue weighted by atomic mass is 10.3. The molecular formula is C8H14N4O2. The quantitative estimate of drug-likeness (QED) is 0.457. The van der Waals surface area contributed by atoms with Gasteiger partial charge in [-0.05, 0) is 0 Å². The van der Waals surface area contributed by atoms with E-state index in [1.807, 2.05) is 0 Å². The average molecular weight is 198 g/mol. The number of amides is 1. The summed E-state index contributed by atoms with van der Waals surface area (Å²) < 4.78 is 0. The number of H-pyrrole nitrogens is 1. The molecule has 0 aliphatic heterocycles. The monoisotopic (exact) mass is 198 g/mol. The Balaban J connectivity index is 2.18. The van der Waals surface area contributed by atoms with Crippen LogP contribution in [0, 0.1) is 0 Å². The number of nitrogens with two attached hydrogens (primary N) is 1. The molecule has 0 bridgehead atoms. The van der Waals surface area contributed by atoms with E-state index in [1.54, 1.807) is 12.5 Å². The van der Waals surface area contributed by atoms with E-state index in [2.05, 4.69) is 15.3 Å². The highest BCUT2D eigenvalue weighted by Crippen LogP contribution is 1.90. The van der Waals surface area contributed by atoms with Gasteiger partial charge in [0.1, 0.15) is 6.04 Å². The fourth-order valence-electron chi connectivity index (χ4n) is 0.956. The molecule has 1 aromatic heterocycles. The Kier molecular flexibility index (Phi) is 4.09. The van der Waals surface area contributed by atoms with Gasteiger partial charge in [0, 0.05) is 24.9 Å². The second-order valence-electron chi connectivity index (χ2n) is 2.91. The third kappa shape index (κ3) is 3.15. The molecule has 6 heteroatoms. The summed E-state index contributed by atoms with van der Waals surface area (Å²) in [6.07, 6.45) is 3.94. The van der Waals surface area contributed by atoms with Gasteiger partial charge in [-0.2, -0.15) is 0 Å². The molecule has 0 aliphatic carbocycles. The molecule has 1 aromatic rings. The lowest BCUT2D eigenvalue weighted by molar-refractivity contribution is -0.123. The molecule has 6 nitrogen and oxygen atoms in total. The van der Waals surface area contributed by atoms with E-state index in [0.717, 1.165) is 5.69 Å². The van der Waals surface area contributed by atoms with Crippen molar-refractivity contribution in [2.24, 2.45) is 5.73 Å². The largest absolute Gasteiger partial charge is 0.394 e. The van der Waals surface area contributed by atoms with Crippen LogP contribution >= 0.6 is 0 Å². The van der Waals surface area contributed by atoms with Crippen LogP contribution in [0.3, 0.4) is 0 Å². The summed E-state index contributed by atoms with van der Waals surface area (Å²) in [6.45, 7) is 0.143. The van der Waals surface area contributed by atoms with Gasteiger partial charge in [0.25, 0.3) is 0 Å². The van der Waals surface area contributed by atoms with E-state index < -0.39 is 6.04 Å². The van der Waals surface area contributed by atoms with Gasteiger partial charge in [-0.15, -0.1) is 0 Å². The fraction of sp³-hybridized carbons (Fsp3) is 0.500. The second kappa shape index (κ2) is 5.36. The standard InChI is InChI=1S/C8H14N4O2/c9-7(4-13)8(14)11-2-1-6-3-10-5-12-6/h3,5,7,13H,1-2,4,9H2,(H,10,12)(H,11,14)/t7-/m1/s1. The van der Waals surface area contributed by atoms with E-state index in [0.29, 0.717) is 13.0 Å². The summed E-state index contributed by atoms with van der Waals surface area (Å²) >= 11 is 0. The number of carbonyl (C=O) groups excluding carboxylic acids is 1. The van der Waals surface area contributed by atoms with Gasteiger partial charge in [-0.3, -0.25) is 4.79 Å². The van der Waals surface area contributed by atoms with Crippen LogP contribution in [0.25, 0.3) is 0 Å². The lowest BCUT2D eigenvalue weighted by Gasteiger charge is -2.08. The number of aliphatic hydroxyl groups is 1. The Morgan fingerprint density at radius 2 is 2.57 bits per heavy atom. The number of imidazole rings is 1. The molecule has 5 N–H and O–H groups in total. The maximum atomic E-state index is 11.1. The number of rotatable bonds is 5. The number of hydrogen-bond acceptors (Lipinski definition) is 4. The molecule has 0 saturated heterocycles. The number of hydrogen-bond donors (Lipinski definition) is 4. The minimum Gasteiger partial charge on any atom is -0.394 e. The van der Waals surface area contributed by atoms with Crippen LogP contribution in [0.2, 0.25) is 0 Å². The average Bonchev–Trinajstić information content (AvgIpc) is 2.69. The molecule has 0 aliphatic rings. The zero-order valence-corrected chi connectivity index (χ0v) is 7.73. The second-order valence-corrected chi connectivity index (χ2v) is 2.91. The molecule has 0 spiro atoms. The van der Waals surface area contributed by atoms with E-state index in [4.69, 9.17) is 10.8 Å². The van der Waals surface area contributed by atoms with E-state index >= 15 is 0 Å². The summed E-state index contributed by atoms with van der Waals surface area (Å²) in [5.41, 5.74) is 6.24. The van der Waals surface area contributed by atoms with Gasteiger partial charge < -0.3 is 21.1 Å². The molecule has 0 unspecified atom stereocenters. The third-order valence-corrected chi connectivity index (χ3v) is 1.78. The molecule has 0 radical (unpaired) electrons. The van der Waals surface area contributed by atoms with Crippen molar-refractivity contribution in [3.63, 3.8) is 0 Å². The molecule has 78 valence electrons. The van der Waals surface area contributed by atoms with Gasteiger partial charge in [-0.1, -0.05) is 0 Å². The lowest BCUT2D eigenvalue weighted by Crippen LogP contribution is -2.43. The van der Waals surface area contributed by atoms with Gasteiger partial charge in [0.15, 0.2) is 0 Å². The maximum Gasteiger partial charge on any atom is 0.239 e. The van der Waals surface area contributed by atoms with Gasteiger partial charge in [0.2, 0.25) is 5.91 Å². The molecular weight excluding hydrogens is 184 g/mol. The van der Waals surface area contributed by atoms with Gasteiger partial charge in [0.05, 0.1) is 12.9 Å². The first-order valence-corrected chi connectivity index (χ1v) is 4.35. The van der Waals surface area contributed by atoms with Crippen molar-refractivity contribution in [1.29, 1.82) is 0 Å². The third-order valence-electron chi connectivity index (χ3n) is 1.78. The highest BCUT2D eigenvalue weighted by atomic mass is 16.3. The normalized spacial score (nSPS) is 12.4. The summed E-state index contributed by atoms with van der Waals surface area (Å²) in [5, 5.41) is 11.2. The first-order chi connectivity index (χ1) is 6.74. The van der Waals surface area contributed by atoms with E-state index in [1.165, 1.54) is 0 Å². The number of nitrogens with one attached hydrogen (secondary N) is 2. The van der Waals surface area contributed by atoms with Crippen LogP contribution in [0.1, 0.15) is 5.69 Å². The topological polar surface area (TPSA) is 104 Å². The molecule has 0 aromatic carbocycles. The van der Waals surface area contributed by atoms with Crippen LogP contribution < -0.4 is 11.1 Å². The van der Waals surface area contributed by atoms with E-state index in [9.17, 15) is 4.79 Å². The molecule has 1 heterocycles. The van der Waals surface area contributed by atoms with Crippen molar-refractivity contribution in [3.05, 3.63) is 18.2 Å². The van der Waals surface area contributed by atoms with Crippen molar-refractivity contribution in [2.75, 3.05) is 13.2 Å². The summed E-state index contributed by atoms with van der Waals surface area (Å²) in [5.74, 6) is -0.341. The predicted molar refractivity (Wildman–Crippen MR) is 50.4 cm³/mol. The Morgan fingerprint density at radius 1 is 1.79 bits per heavy atom. The number of carbonyl (C=O) groups is 1. The van der Waals surface area contributed by atoms with Crippen molar-refractivity contribution in [1.82, 2.24) is 15.3 Å². The number of aromatic nitrogens is 2. The summed E-state index contributed by atoms with van der Waals surface area (Å²) in [7, 11) is 0. The fourth-order valence-corrected chi connectivity index (χ4v) is 0.956.